The highest BCUT2D eigenvalue weighted by Gasteiger charge is 2.60. The number of alkyl halides is 3. The number of hydrogen-bond acceptors (Lipinski definition) is 6. The molecule has 1 aromatic rings. The van der Waals surface area contributed by atoms with Gasteiger partial charge < -0.3 is 19.7 Å². The molecule has 194 valence electrons. The van der Waals surface area contributed by atoms with Crippen molar-refractivity contribution in [3.63, 3.8) is 0 Å². The van der Waals surface area contributed by atoms with Crippen LogP contribution in [0.1, 0.15) is 58.2 Å². The van der Waals surface area contributed by atoms with Gasteiger partial charge in [0.1, 0.15) is 5.82 Å². The second-order valence-corrected chi connectivity index (χ2v) is 9.92. The van der Waals surface area contributed by atoms with Gasteiger partial charge >= 0.3 is 18.2 Å². The van der Waals surface area contributed by atoms with Crippen LogP contribution < -0.4 is 5.32 Å². The molecule has 3 fully saturated rings. The standard InChI is InChI=1S/C23H30F4N4O4/c1-13(2)35-21(33)31-7-3-4-17(30-20(32)23(25,26)27)18(31)12-34-16-5-6-22(9-14(22)8-16)19-28-10-15(24)11-29-19/h10-11,13-14,16-18H,3-9,12H2,1-2H3,(H,30,32). The Morgan fingerprint density at radius 2 is 1.97 bits per heavy atom. The van der Waals surface area contributed by atoms with Crippen LogP contribution in [0.15, 0.2) is 12.4 Å². The number of piperidine rings is 1. The van der Waals surface area contributed by atoms with Crippen LogP contribution in [0.4, 0.5) is 22.4 Å². The van der Waals surface area contributed by atoms with Crippen molar-refractivity contribution in [2.75, 3.05) is 13.2 Å². The number of halogens is 4. The number of nitrogens with zero attached hydrogens (tertiary/aromatic N) is 3. The van der Waals surface area contributed by atoms with Crippen LogP contribution in [0.3, 0.4) is 0 Å². The first kappa shape index (κ1) is 25.6. The number of rotatable bonds is 6. The van der Waals surface area contributed by atoms with E-state index in [-0.39, 0.29) is 24.0 Å². The van der Waals surface area contributed by atoms with Gasteiger partial charge in [0.15, 0.2) is 5.82 Å². The van der Waals surface area contributed by atoms with Crippen LogP contribution >= 0.6 is 0 Å². The fourth-order valence-corrected chi connectivity index (χ4v) is 5.37. The maximum atomic E-state index is 13.2. The lowest BCUT2D eigenvalue weighted by Gasteiger charge is -2.41. The van der Waals surface area contributed by atoms with Crippen LogP contribution in [-0.2, 0) is 19.7 Å². The molecule has 1 N–H and O–H groups in total. The molecule has 1 aromatic heterocycles. The van der Waals surface area contributed by atoms with E-state index in [2.05, 4.69) is 9.97 Å². The number of hydrogen-bond donors (Lipinski definition) is 1. The fraction of sp³-hybridized carbons (Fsp3) is 0.739. The van der Waals surface area contributed by atoms with Crippen LogP contribution in [0, 0.1) is 11.7 Å². The third kappa shape index (κ3) is 5.68. The monoisotopic (exact) mass is 502 g/mol. The summed E-state index contributed by atoms with van der Waals surface area (Å²) in [4.78, 5) is 34.0. The number of amides is 2. The van der Waals surface area contributed by atoms with Crippen molar-refractivity contribution in [1.29, 1.82) is 0 Å². The molecule has 0 radical (unpaired) electrons. The second-order valence-electron chi connectivity index (χ2n) is 9.92. The molecule has 35 heavy (non-hydrogen) atoms. The molecule has 12 heteroatoms. The summed E-state index contributed by atoms with van der Waals surface area (Å²) in [5, 5.41) is 2.04. The number of aromatic nitrogens is 2. The molecule has 5 atom stereocenters. The molecule has 2 saturated carbocycles. The number of carbonyl (C=O) groups excluding carboxylic acids is 2. The lowest BCUT2D eigenvalue weighted by atomic mass is 9.86. The van der Waals surface area contributed by atoms with Crippen molar-refractivity contribution in [2.45, 2.75) is 88.3 Å². The molecule has 0 bridgehead atoms. The Bertz CT molecular complexity index is 929. The molecule has 8 nitrogen and oxygen atoms in total. The average molecular weight is 503 g/mol. The molecule has 4 rings (SSSR count). The van der Waals surface area contributed by atoms with Crippen LogP contribution in [-0.4, -0.2) is 70.5 Å². The molecular weight excluding hydrogens is 472 g/mol. The molecule has 0 spiro atoms. The maximum absolute atomic E-state index is 13.2. The van der Waals surface area contributed by atoms with Crippen molar-refractivity contribution >= 4 is 12.0 Å². The van der Waals surface area contributed by atoms with Crippen molar-refractivity contribution < 1.29 is 36.6 Å². The Hall–Kier alpha value is -2.50. The first-order valence-corrected chi connectivity index (χ1v) is 11.9. The largest absolute Gasteiger partial charge is 0.471 e. The van der Waals surface area contributed by atoms with E-state index >= 15 is 0 Å². The van der Waals surface area contributed by atoms with E-state index in [1.54, 1.807) is 13.8 Å². The van der Waals surface area contributed by atoms with E-state index in [9.17, 15) is 27.2 Å². The quantitative estimate of drug-likeness (QED) is 0.599. The minimum Gasteiger partial charge on any atom is -0.447 e. The highest BCUT2D eigenvalue weighted by atomic mass is 19.4. The Labute approximate surface area is 200 Å². The number of nitrogens with one attached hydrogen (secondary N) is 1. The molecule has 2 aliphatic carbocycles. The van der Waals surface area contributed by atoms with Crippen molar-refractivity contribution in [2.24, 2.45) is 5.92 Å². The average Bonchev–Trinajstić information content (AvgIpc) is 3.52. The molecule has 2 amide bonds. The van der Waals surface area contributed by atoms with Gasteiger partial charge in [-0.3, -0.25) is 4.79 Å². The summed E-state index contributed by atoms with van der Waals surface area (Å²) in [7, 11) is 0. The number of fused-ring (bicyclic) bond motifs is 1. The number of likely N-dealkylation sites (tertiary alicyclic amines) is 1. The van der Waals surface area contributed by atoms with Gasteiger partial charge in [-0.25, -0.2) is 19.2 Å². The molecule has 1 saturated heterocycles. The van der Waals surface area contributed by atoms with Gasteiger partial charge in [0.05, 0.1) is 43.3 Å². The van der Waals surface area contributed by atoms with E-state index in [0.717, 1.165) is 12.8 Å². The summed E-state index contributed by atoms with van der Waals surface area (Å²) in [6.45, 7) is 3.65. The van der Waals surface area contributed by atoms with E-state index in [4.69, 9.17) is 9.47 Å². The Morgan fingerprint density at radius 1 is 1.26 bits per heavy atom. The molecule has 2 heterocycles. The number of carbonyl (C=O) groups is 2. The summed E-state index contributed by atoms with van der Waals surface area (Å²) < 4.78 is 63.3. The highest BCUT2D eigenvalue weighted by molar-refractivity contribution is 5.82. The zero-order chi connectivity index (χ0) is 25.4. The molecule has 5 unspecified atom stereocenters. The van der Waals surface area contributed by atoms with E-state index < -0.39 is 42.2 Å². The summed E-state index contributed by atoms with van der Waals surface area (Å²) in [5.74, 6) is -1.61. The Balaban J connectivity index is 1.40. The molecule has 3 aliphatic rings. The summed E-state index contributed by atoms with van der Waals surface area (Å²) in [6.07, 6.45) is -0.141. The van der Waals surface area contributed by atoms with E-state index in [1.807, 2.05) is 5.32 Å². The minimum atomic E-state index is -5.02. The van der Waals surface area contributed by atoms with Crippen molar-refractivity contribution in [3.05, 3.63) is 24.0 Å². The summed E-state index contributed by atoms with van der Waals surface area (Å²) >= 11 is 0. The predicted octanol–water partition coefficient (Wildman–Crippen LogP) is 3.50. The van der Waals surface area contributed by atoms with Crippen LogP contribution in [0.2, 0.25) is 0 Å². The SMILES string of the molecule is CC(C)OC(=O)N1CCCC(NC(=O)C(F)(F)F)C1COC1CCC2(c3ncc(F)cn3)CC2C1. The Kier molecular flexibility index (Phi) is 7.21. The third-order valence-corrected chi connectivity index (χ3v) is 7.18. The third-order valence-electron chi connectivity index (χ3n) is 7.18. The molecule has 1 aliphatic heterocycles. The van der Waals surface area contributed by atoms with Crippen LogP contribution in [0.5, 0.6) is 0 Å². The predicted molar refractivity (Wildman–Crippen MR) is 115 cm³/mol. The van der Waals surface area contributed by atoms with Gasteiger partial charge in [0.25, 0.3) is 0 Å². The minimum absolute atomic E-state index is 0.0204. The van der Waals surface area contributed by atoms with Gasteiger partial charge in [-0.2, -0.15) is 13.2 Å². The lowest BCUT2D eigenvalue weighted by molar-refractivity contribution is -0.175. The van der Waals surface area contributed by atoms with Crippen molar-refractivity contribution in [3.8, 4) is 0 Å². The maximum Gasteiger partial charge on any atom is 0.471 e. The van der Waals surface area contributed by atoms with Crippen LogP contribution in [0.25, 0.3) is 0 Å². The zero-order valence-corrected chi connectivity index (χ0v) is 19.7. The van der Waals surface area contributed by atoms with Gasteiger partial charge in [0, 0.05) is 12.0 Å². The second kappa shape index (κ2) is 9.87. The van der Waals surface area contributed by atoms with Gasteiger partial charge in [-0.05, 0) is 58.3 Å². The highest BCUT2D eigenvalue weighted by Crippen LogP contribution is 2.61. The molecule has 0 aromatic carbocycles. The smallest absolute Gasteiger partial charge is 0.447 e. The normalized spacial score (nSPS) is 30.5. The number of ether oxygens (including phenoxy) is 2. The first-order valence-electron chi connectivity index (χ1n) is 11.9. The van der Waals surface area contributed by atoms with E-state index in [0.29, 0.717) is 38.1 Å². The van der Waals surface area contributed by atoms with Gasteiger partial charge in [-0.15, -0.1) is 0 Å². The Morgan fingerprint density at radius 3 is 2.60 bits per heavy atom. The van der Waals surface area contributed by atoms with Crippen molar-refractivity contribution in [1.82, 2.24) is 20.2 Å². The first-order chi connectivity index (χ1) is 16.5. The fourth-order valence-electron chi connectivity index (χ4n) is 5.37. The van der Waals surface area contributed by atoms with Gasteiger partial charge in [0.2, 0.25) is 0 Å². The lowest BCUT2D eigenvalue weighted by Crippen LogP contribution is -2.60. The molecular formula is C23H30F4N4O4. The van der Waals surface area contributed by atoms with Gasteiger partial charge in [-0.1, -0.05) is 0 Å². The van der Waals surface area contributed by atoms with E-state index in [1.165, 1.54) is 17.3 Å². The summed E-state index contributed by atoms with van der Waals surface area (Å²) in [6, 6.07) is -1.69. The zero-order valence-electron chi connectivity index (χ0n) is 19.7. The topological polar surface area (TPSA) is 93.7 Å². The summed E-state index contributed by atoms with van der Waals surface area (Å²) in [5.41, 5.74) is -0.172.